The van der Waals surface area contributed by atoms with Crippen LogP contribution < -0.4 is 5.73 Å². The molecule has 0 aliphatic carbocycles. The van der Waals surface area contributed by atoms with Crippen molar-refractivity contribution in [3.63, 3.8) is 0 Å². The van der Waals surface area contributed by atoms with Crippen LogP contribution in [0.3, 0.4) is 0 Å². The molecule has 0 bridgehead atoms. The molecule has 0 atom stereocenters. The van der Waals surface area contributed by atoms with Gasteiger partial charge < -0.3 is 5.73 Å². The molecule has 0 radical (unpaired) electrons. The quantitative estimate of drug-likeness (QED) is 0.688. The smallest absolute Gasteiger partial charge is 0.216 e. The van der Waals surface area contributed by atoms with E-state index in [9.17, 15) is 0 Å². The summed E-state index contributed by atoms with van der Waals surface area (Å²) < 4.78 is 2.01. The van der Waals surface area contributed by atoms with Gasteiger partial charge in [-0.1, -0.05) is 11.8 Å². The van der Waals surface area contributed by atoms with Crippen LogP contribution in [0.2, 0.25) is 0 Å². The van der Waals surface area contributed by atoms with E-state index in [4.69, 9.17) is 5.73 Å². The molecule has 0 spiro atoms. The molecule has 0 saturated heterocycles. The maximum Gasteiger partial charge on any atom is 0.216 e. The number of rotatable bonds is 3. The van der Waals surface area contributed by atoms with Crippen molar-refractivity contribution in [3.05, 3.63) is 23.5 Å². The Kier molecular flexibility index (Phi) is 2.29. The van der Waals surface area contributed by atoms with E-state index in [1.54, 1.807) is 11.3 Å². The van der Waals surface area contributed by atoms with Crippen molar-refractivity contribution in [2.24, 2.45) is 0 Å². The van der Waals surface area contributed by atoms with Gasteiger partial charge in [0.1, 0.15) is 0 Å². The lowest BCUT2D eigenvalue weighted by molar-refractivity contribution is 0.972. The van der Waals surface area contributed by atoms with Gasteiger partial charge in [-0.25, -0.2) is 10.1 Å². The number of aromatic amines is 1. The average molecular weight is 252 g/mol. The highest BCUT2D eigenvalue weighted by Crippen LogP contribution is 2.20. The molecule has 3 heterocycles. The Morgan fingerprint density at radius 1 is 1.50 bits per heavy atom. The number of hydrogen-bond acceptors (Lipinski definition) is 6. The lowest BCUT2D eigenvalue weighted by Gasteiger charge is -1.90. The predicted octanol–water partition coefficient (Wildman–Crippen LogP) is 1.39. The summed E-state index contributed by atoms with van der Waals surface area (Å²) in [6, 6.07) is 0. The Bertz CT molecular complexity index is 580. The molecule has 0 fully saturated rings. The first-order valence-electron chi connectivity index (χ1n) is 4.53. The van der Waals surface area contributed by atoms with Crippen LogP contribution in [-0.2, 0) is 5.75 Å². The molecule has 0 unspecified atom stereocenters. The molecule has 0 amide bonds. The normalized spacial score (nSPS) is 11.2. The maximum atomic E-state index is 5.43. The van der Waals surface area contributed by atoms with E-state index in [2.05, 4.69) is 20.2 Å². The van der Waals surface area contributed by atoms with Crippen molar-refractivity contribution >= 4 is 34.0 Å². The molecular formula is C8H8N6S2. The van der Waals surface area contributed by atoms with E-state index >= 15 is 0 Å². The van der Waals surface area contributed by atoms with E-state index in [-0.39, 0.29) is 0 Å². The highest BCUT2D eigenvalue weighted by molar-refractivity contribution is 7.98. The average Bonchev–Trinajstić information content (AvgIpc) is 2.89. The van der Waals surface area contributed by atoms with Crippen molar-refractivity contribution in [2.75, 3.05) is 5.73 Å². The van der Waals surface area contributed by atoms with Crippen molar-refractivity contribution < 1.29 is 0 Å². The van der Waals surface area contributed by atoms with E-state index < -0.39 is 0 Å². The minimum absolute atomic E-state index is 0.341. The lowest BCUT2D eigenvalue weighted by Crippen LogP contribution is -1.85. The number of thioether (sulfide) groups is 1. The number of nitrogens with two attached hydrogens (primary N) is 1. The Hall–Kier alpha value is -1.54. The van der Waals surface area contributed by atoms with Crippen LogP contribution in [0.25, 0.3) is 4.96 Å². The number of fused-ring (bicyclic) bond motifs is 1. The Morgan fingerprint density at radius 2 is 2.44 bits per heavy atom. The molecule has 0 aliphatic heterocycles. The highest BCUT2D eigenvalue weighted by atomic mass is 32.2. The molecule has 3 N–H and O–H groups in total. The summed E-state index contributed by atoms with van der Waals surface area (Å²) in [7, 11) is 0. The molecule has 8 heteroatoms. The van der Waals surface area contributed by atoms with Gasteiger partial charge in [0, 0.05) is 23.5 Å². The van der Waals surface area contributed by atoms with Gasteiger partial charge >= 0.3 is 0 Å². The molecule has 82 valence electrons. The van der Waals surface area contributed by atoms with Crippen LogP contribution >= 0.6 is 23.1 Å². The Balaban J connectivity index is 1.73. The van der Waals surface area contributed by atoms with Crippen LogP contribution in [-0.4, -0.2) is 24.6 Å². The Labute approximate surface area is 98.9 Å². The summed E-state index contributed by atoms with van der Waals surface area (Å²) in [4.78, 5) is 9.47. The largest absolute Gasteiger partial charge is 0.368 e. The maximum absolute atomic E-state index is 5.43. The summed E-state index contributed by atoms with van der Waals surface area (Å²) >= 11 is 3.13. The minimum atomic E-state index is 0.341. The van der Waals surface area contributed by atoms with Crippen LogP contribution in [0.5, 0.6) is 0 Å². The lowest BCUT2D eigenvalue weighted by atomic mass is 10.6. The van der Waals surface area contributed by atoms with Crippen molar-refractivity contribution in [2.45, 2.75) is 10.9 Å². The molecule has 3 aromatic heterocycles. The zero-order valence-electron chi connectivity index (χ0n) is 8.12. The van der Waals surface area contributed by atoms with Crippen LogP contribution in [0, 0.1) is 0 Å². The number of nitrogen functional groups attached to an aromatic ring is 1. The molecule has 3 rings (SSSR count). The van der Waals surface area contributed by atoms with Gasteiger partial charge in [0.25, 0.3) is 0 Å². The van der Waals surface area contributed by atoms with Crippen LogP contribution in [0.1, 0.15) is 5.69 Å². The van der Waals surface area contributed by atoms with Crippen LogP contribution in [0.4, 0.5) is 5.95 Å². The number of imidazole rings is 1. The van der Waals surface area contributed by atoms with Gasteiger partial charge in [-0.3, -0.25) is 4.40 Å². The van der Waals surface area contributed by atoms with E-state index in [1.165, 1.54) is 11.8 Å². The molecule has 3 aromatic rings. The third-order valence-corrected chi connectivity index (χ3v) is 3.63. The van der Waals surface area contributed by atoms with E-state index in [1.807, 2.05) is 22.2 Å². The second kappa shape index (κ2) is 3.80. The van der Waals surface area contributed by atoms with Gasteiger partial charge in [-0.05, 0) is 0 Å². The first-order chi connectivity index (χ1) is 7.81. The summed E-state index contributed by atoms with van der Waals surface area (Å²) in [6.07, 6.45) is 4.00. The Morgan fingerprint density at radius 3 is 3.19 bits per heavy atom. The SMILES string of the molecule is Nc1nc(SCc2cn3ccsc3n2)n[nH]1. The first-order valence-corrected chi connectivity index (χ1v) is 6.39. The standard InChI is InChI=1S/C8H8N6S2/c9-6-11-7(13-12-6)16-4-5-3-14-1-2-15-8(14)10-5/h1-3H,4H2,(H3,9,11,12,13). The zero-order valence-corrected chi connectivity index (χ0v) is 9.75. The predicted molar refractivity (Wildman–Crippen MR) is 63.4 cm³/mol. The number of nitrogens with one attached hydrogen (secondary N) is 1. The van der Waals surface area contributed by atoms with Crippen molar-refractivity contribution in [1.29, 1.82) is 0 Å². The van der Waals surface area contributed by atoms with Crippen molar-refractivity contribution in [1.82, 2.24) is 24.6 Å². The topological polar surface area (TPSA) is 84.9 Å². The van der Waals surface area contributed by atoms with Gasteiger partial charge in [-0.2, -0.15) is 4.98 Å². The molecule has 0 aliphatic rings. The fourth-order valence-electron chi connectivity index (χ4n) is 1.31. The molecule has 0 saturated carbocycles. The van der Waals surface area contributed by atoms with Gasteiger partial charge in [0.15, 0.2) is 4.96 Å². The number of H-pyrrole nitrogens is 1. The second-order valence-electron chi connectivity index (χ2n) is 3.12. The summed E-state index contributed by atoms with van der Waals surface area (Å²) in [5.41, 5.74) is 6.45. The number of nitrogens with zero attached hydrogens (tertiary/aromatic N) is 4. The van der Waals surface area contributed by atoms with Gasteiger partial charge in [-0.15, -0.1) is 16.4 Å². The van der Waals surface area contributed by atoms with E-state index in [0.29, 0.717) is 11.1 Å². The summed E-state index contributed by atoms with van der Waals surface area (Å²) in [5.74, 6) is 1.08. The summed E-state index contributed by atoms with van der Waals surface area (Å²) in [6.45, 7) is 0. The third-order valence-electron chi connectivity index (χ3n) is 1.97. The number of anilines is 1. The zero-order chi connectivity index (χ0) is 11.0. The van der Waals surface area contributed by atoms with Gasteiger partial charge in [0.05, 0.1) is 5.69 Å². The van der Waals surface area contributed by atoms with Crippen LogP contribution in [0.15, 0.2) is 22.9 Å². The monoisotopic (exact) mass is 252 g/mol. The highest BCUT2D eigenvalue weighted by Gasteiger charge is 2.05. The fraction of sp³-hybridized carbons (Fsp3) is 0.125. The molecule has 0 aromatic carbocycles. The minimum Gasteiger partial charge on any atom is -0.368 e. The first kappa shape index (κ1) is 9.67. The molecule has 16 heavy (non-hydrogen) atoms. The van der Waals surface area contributed by atoms with Gasteiger partial charge in [0.2, 0.25) is 11.1 Å². The number of thiazole rings is 1. The molecule has 6 nitrogen and oxygen atoms in total. The second-order valence-corrected chi connectivity index (χ2v) is 4.93. The van der Waals surface area contributed by atoms with E-state index in [0.717, 1.165) is 16.4 Å². The summed E-state index contributed by atoms with van der Waals surface area (Å²) in [5, 5.41) is 9.20. The fourth-order valence-corrected chi connectivity index (χ4v) is 2.71. The third kappa shape index (κ3) is 1.76. The molecular weight excluding hydrogens is 244 g/mol. The number of hydrogen-bond donors (Lipinski definition) is 2. The number of aromatic nitrogens is 5. The van der Waals surface area contributed by atoms with Crippen molar-refractivity contribution in [3.8, 4) is 0 Å².